The number of fused-ring (bicyclic) bond motifs is 2. The van der Waals surface area contributed by atoms with Crippen molar-refractivity contribution in [2.24, 2.45) is 5.92 Å². The van der Waals surface area contributed by atoms with E-state index in [1.165, 1.54) is 6.20 Å². The molecule has 1 saturated heterocycles. The first-order valence-electron chi connectivity index (χ1n) is 8.33. The van der Waals surface area contributed by atoms with E-state index in [1.54, 1.807) is 18.2 Å². The largest absolute Gasteiger partial charge is 0.396 e. The zero-order chi connectivity index (χ0) is 16.7. The minimum Gasteiger partial charge on any atom is -0.396 e. The molecule has 0 radical (unpaired) electrons. The van der Waals surface area contributed by atoms with Crippen LogP contribution in [-0.4, -0.2) is 52.8 Å². The monoisotopic (exact) mass is 328 g/mol. The standard InChI is InChI=1S/C18H20N2O4/c21-10-11-7-15-16(8-11)24-6-5-20(15)18(23)14-9-19-17(22)13-4-2-1-3-12(13)14/h1-4,9,11,15-16,21H,5-8,10H2,(H,19,22)/t11-,15+,16?/m1/s1. The number of pyridine rings is 1. The second-order valence-corrected chi connectivity index (χ2v) is 6.57. The molecule has 1 saturated carbocycles. The number of H-pyrrole nitrogens is 1. The fourth-order valence-electron chi connectivity index (χ4n) is 3.99. The summed E-state index contributed by atoms with van der Waals surface area (Å²) in [6.07, 6.45) is 3.05. The van der Waals surface area contributed by atoms with Crippen molar-refractivity contribution in [2.45, 2.75) is 25.0 Å². The SMILES string of the molecule is O=C(c1c[nH]c(=O)c2ccccc12)N1CCOC2C[C@H](CO)C[C@@H]21. The van der Waals surface area contributed by atoms with Crippen molar-refractivity contribution in [3.05, 3.63) is 46.4 Å². The third kappa shape index (κ3) is 2.42. The van der Waals surface area contributed by atoms with Gasteiger partial charge in [-0.2, -0.15) is 0 Å². The Bertz CT molecular complexity index is 831. The molecule has 24 heavy (non-hydrogen) atoms. The highest BCUT2D eigenvalue weighted by atomic mass is 16.5. The van der Waals surface area contributed by atoms with Gasteiger partial charge in [-0.1, -0.05) is 18.2 Å². The van der Waals surface area contributed by atoms with Gasteiger partial charge < -0.3 is 19.7 Å². The molecule has 6 heteroatoms. The summed E-state index contributed by atoms with van der Waals surface area (Å²) in [4.78, 5) is 29.6. The van der Waals surface area contributed by atoms with Crippen molar-refractivity contribution >= 4 is 16.7 Å². The molecule has 1 amide bonds. The van der Waals surface area contributed by atoms with E-state index in [-0.39, 0.29) is 36.1 Å². The third-order valence-corrected chi connectivity index (χ3v) is 5.19. The maximum Gasteiger partial charge on any atom is 0.256 e. The summed E-state index contributed by atoms with van der Waals surface area (Å²) < 4.78 is 5.79. The highest BCUT2D eigenvalue weighted by Gasteiger charge is 2.43. The van der Waals surface area contributed by atoms with Crippen molar-refractivity contribution in [1.29, 1.82) is 0 Å². The molecule has 3 atom stereocenters. The number of rotatable bonds is 2. The quantitative estimate of drug-likeness (QED) is 0.866. The number of hydrogen-bond acceptors (Lipinski definition) is 4. The molecule has 2 heterocycles. The molecule has 4 rings (SSSR count). The average molecular weight is 328 g/mol. The lowest BCUT2D eigenvalue weighted by Crippen LogP contribution is -2.51. The topological polar surface area (TPSA) is 82.6 Å². The van der Waals surface area contributed by atoms with Crippen LogP contribution in [0.1, 0.15) is 23.2 Å². The summed E-state index contributed by atoms with van der Waals surface area (Å²) >= 11 is 0. The third-order valence-electron chi connectivity index (χ3n) is 5.19. The predicted molar refractivity (Wildman–Crippen MR) is 88.9 cm³/mol. The van der Waals surface area contributed by atoms with E-state index in [1.807, 2.05) is 11.0 Å². The summed E-state index contributed by atoms with van der Waals surface area (Å²) in [7, 11) is 0. The van der Waals surface area contributed by atoms with Gasteiger partial charge >= 0.3 is 0 Å². The molecular formula is C18H20N2O4. The molecule has 0 spiro atoms. The highest BCUT2D eigenvalue weighted by Crippen LogP contribution is 2.35. The number of benzene rings is 1. The van der Waals surface area contributed by atoms with Gasteiger partial charge in [-0.25, -0.2) is 0 Å². The van der Waals surface area contributed by atoms with Gasteiger partial charge in [0.2, 0.25) is 0 Å². The second-order valence-electron chi connectivity index (χ2n) is 6.57. The zero-order valence-electron chi connectivity index (χ0n) is 13.3. The number of nitrogens with zero attached hydrogens (tertiary/aromatic N) is 1. The average Bonchev–Trinajstić information content (AvgIpc) is 3.05. The molecule has 1 aromatic carbocycles. The van der Waals surface area contributed by atoms with Crippen LogP contribution in [0.3, 0.4) is 0 Å². The molecule has 1 aromatic heterocycles. The van der Waals surface area contributed by atoms with Gasteiger partial charge in [0.25, 0.3) is 11.5 Å². The van der Waals surface area contributed by atoms with Crippen LogP contribution in [0.4, 0.5) is 0 Å². The number of carbonyl (C=O) groups excluding carboxylic acids is 1. The zero-order valence-corrected chi connectivity index (χ0v) is 13.3. The Balaban J connectivity index is 1.71. The van der Waals surface area contributed by atoms with Crippen LogP contribution in [-0.2, 0) is 4.74 Å². The smallest absolute Gasteiger partial charge is 0.256 e. The number of amides is 1. The van der Waals surface area contributed by atoms with E-state index in [2.05, 4.69) is 4.98 Å². The lowest BCUT2D eigenvalue weighted by molar-refractivity contribution is -0.0448. The molecule has 1 aliphatic heterocycles. The molecule has 2 fully saturated rings. The Morgan fingerprint density at radius 1 is 1.29 bits per heavy atom. The molecule has 6 nitrogen and oxygen atoms in total. The number of ether oxygens (including phenoxy) is 1. The number of aliphatic hydroxyl groups excluding tert-OH is 1. The van der Waals surface area contributed by atoms with Crippen LogP contribution >= 0.6 is 0 Å². The minimum atomic E-state index is -0.191. The van der Waals surface area contributed by atoms with E-state index in [0.29, 0.717) is 29.5 Å². The first-order valence-corrected chi connectivity index (χ1v) is 8.33. The number of aromatic nitrogens is 1. The van der Waals surface area contributed by atoms with Gasteiger partial charge in [0.05, 0.1) is 24.3 Å². The van der Waals surface area contributed by atoms with Gasteiger partial charge in [0, 0.05) is 30.1 Å². The number of hydrogen-bond donors (Lipinski definition) is 2. The highest BCUT2D eigenvalue weighted by molar-refractivity contribution is 6.06. The first kappa shape index (κ1) is 15.4. The number of morpholine rings is 1. The lowest BCUT2D eigenvalue weighted by Gasteiger charge is -2.37. The van der Waals surface area contributed by atoms with E-state index in [4.69, 9.17) is 4.74 Å². The molecule has 126 valence electrons. The van der Waals surface area contributed by atoms with Crippen LogP contribution < -0.4 is 5.56 Å². The predicted octanol–water partition coefficient (Wildman–Crippen LogP) is 1.14. The normalized spacial score (nSPS) is 26.5. The molecule has 2 aromatic rings. The maximum absolute atomic E-state index is 13.1. The van der Waals surface area contributed by atoms with E-state index in [9.17, 15) is 14.7 Å². The van der Waals surface area contributed by atoms with Crippen molar-refractivity contribution in [3.63, 3.8) is 0 Å². The molecular weight excluding hydrogens is 308 g/mol. The number of nitrogens with one attached hydrogen (secondary N) is 1. The van der Waals surface area contributed by atoms with Crippen molar-refractivity contribution in [2.75, 3.05) is 19.8 Å². The Morgan fingerprint density at radius 3 is 2.88 bits per heavy atom. The van der Waals surface area contributed by atoms with Crippen LogP contribution in [0, 0.1) is 5.92 Å². The molecule has 2 N–H and O–H groups in total. The fourth-order valence-corrected chi connectivity index (χ4v) is 3.99. The second kappa shape index (κ2) is 6.03. The van der Waals surface area contributed by atoms with Crippen molar-refractivity contribution in [3.8, 4) is 0 Å². The van der Waals surface area contributed by atoms with Crippen molar-refractivity contribution < 1.29 is 14.6 Å². The van der Waals surface area contributed by atoms with Gasteiger partial charge in [-0.15, -0.1) is 0 Å². The van der Waals surface area contributed by atoms with E-state index in [0.717, 1.165) is 12.8 Å². The summed E-state index contributed by atoms with van der Waals surface area (Å²) in [5.74, 6) is 0.0973. The van der Waals surface area contributed by atoms with Crippen LogP contribution in [0.15, 0.2) is 35.3 Å². The van der Waals surface area contributed by atoms with Gasteiger partial charge in [0.15, 0.2) is 0 Å². The molecule has 2 aliphatic rings. The molecule has 0 bridgehead atoms. The van der Waals surface area contributed by atoms with Crippen molar-refractivity contribution in [1.82, 2.24) is 9.88 Å². The van der Waals surface area contributed by atoms with Gasteiger partial charge in [0.1, 0.15) is 0 Å². The van der Waals surface area contributed by atoms with Crippen LogP contribution in [0.2, 0.25) is 0 Å². The fraction of sp³-hybridized carbons (Fsp3) is 0.444. The summed E-state index contributed by atoms with van der Waals surface area (Å²) in [5, 5.41) is 10.6. The summed E-state index contributed by atoms with van der Waals surface area (Å²) in [5.41, 5.74) is 0.321. The Morgan fingerprint density at radius 2 is 2.08 bits per heavy atom. The van der Waals surface area contributed by atoms with Gasteiger partial charge in [-0.05, 0) is 24.8 Å². The molecule has 1 aliphatic carbocycles. The Kier molecular flexibility index (Phi) is 3.86. The van der Waals surface area contributed by atoms with Gasteiger partial charge in [-0.3, -0.25) is 9.59 Å². The first-order chi connectivity index (χ1) is 11.7. The van der Waals surface area contributed by atoms with E-state index >= 15 is 0 Å². The summed E-state index contributed by atoms with van der Waals surface area (Å²) in [6.45, 7) is 1.16. The minimum absolute atomic E-state index is 0.00547. The van der Waals surface area contributed by atoms with Crippen LogP contribution in [0.5, 0.6) is 0 Å². The maximum atomic E-state index is 13.1. The number of aliphatic hydroxyl groups is 1. The van der Waals surface area contributed by atoms with E-state index < -0.39 is 0 Å². The van der Waals surface area contributed by atoms with Crippen LogP contribution in [0.25, 0.3) is 10.8 Å². The number of carbonyl (C=O) groups is 1. The Labute approximate surface area is 139 Å². The lowest BCUT2D eigenvalue weighted by atomic mass is 10.0. The Hall–Kier alpha value is -2.18. The number of aromatic amines is 1. The molecule has 1 unspecified atom stereocenters. The summed E-state index contributed by atoms with van der Waals surface area (Å²) in [6, 6.07) is 7.15.